The molecule has 57 heavy (non-hydrogen) atoms. The predicted octanol–water partition coefficient (Wildman–Crippen LogP) is 13.0. The third-order valence-corrected chi connectivity index (χ3v) is 11.2. The van der Waals surface area contributed by atoms with E-state index in [1.165, 1.54) is 21.5 Å². The minimum absolute atomic E-state index is 0.630. The number of hydrogen-bond donors (Lipinski definition) is 0. The van der Waals surface area contributed by atoms with E-state index < -0.39 is 0 Å². The fraction of sp³-hybridized carbons (Fsp3) is 0. The Morgan fingerprint density at radius 3 is 1.42 bits per heavy atom. The van der Waals surface area contributed by atoms with Crippen molar-refractivity contribution in [3.63, 3.8) is 0 Å². The summed E-state index contributed by atoms with van der Waals surface area (Å²) in [6.45, 7) is 0. The molecule has 0 N–H and O–H groups in total. The van der Waals surface area contributed by atoms with Gasteiger partial charge in [-0.15, -0.1) is 0 Å². The zero-order valence-corrected chi connectivity index (χ0v) is 30.5. The van der Waals surface area contributed by atoms with Crippen LogP contribution in [-0.2, 0) is 0 Å². The van der Waals surface area contributed by atoms with Crippen LogP contribution in [0, 0.1) is 0 Å². The van der Waals surface area contributed by atoms with Crippen LogP contribution in [0.3, 0.4) is 0 Å². The van der Waals surface area contributed by atoms with Crippen molar-refractivity contribution in [1.29, 1.82) is 0 Å². The molecule has 0 unspecified atom stereocenters. The Morgan fingerprint density at radius 1 is 0.333 bits per heavy atom. The Kier molecular flexibility index (Phi) is 6.83. The minimum Gasteiger partial charge on any atom is -0.454 e. The molecule has 0 amide bonds. The van der Waals surface area contributed by atoms with Crippen LogP contribution in [0.25, 0.3) is 111 Å². The second-order valence-electron chi connectivity index (χ2n) is 14.4. The van der Waals surface area contributed by atoms with Crippen molar-refractivity contribution in [2.75, 3.05) is 0 Å². The second-order valence-corrected chi connectivity index (χ2v) is 14.4. The summed E-state index contributed by atoms with van der Waals surface area (Å²) >= 11 is 0. The van der Waals surface area contributed by atoms with Gasteiger partial charge in [-0.05, 0) is 60.7 Å². The van der Waals surface area contributed by atoms with E-state index in [4.69, 9.17) is 19.4 Å². The van der Waals surface area contributed by atoms with Gasteiger partial charge >= 0.3 is 0 Å². The zero-order valence-electron chi connectivity index (χ0n) is 30.5. The van der Waals surface area contributed by atoms with Gasteiger partial charge in [0.1, 0.15) is 5.58 Å². The van der Waals surface area contributed by atoms with Crippen molar-refractivity contribution < 1.29 is 4.42 Å². The number of aromatic nitrogens is 5. The first-order valence-electron chi connectivity index (χ1n) is 19.1. The molecule has 0 saturated carbocycles. The van der Waals surface area contributed by atoms with Crippen LogP contribution in [-0.4, -0.2) is 24.1 Å². The molecule has 0 radical (unpaired) electrons. The van der Waals surface area contributed by atoms with Gasteiger partial charge in [0.2, 0.25) is 0 Å². The number of hydrogen-bond acceptors (Lipinski definition) is 4. The highest BCUT2D eigenvalue weighted by Crippen LogP contribution is 2.42. The molecular formula is C51H31N5O. The normalized spacial score (nSPS) is 11.9. The lowest BCUT2D eigenvalue weighted by Gasteiger charge is -2.11. The van der Waals surface area contributed by atoms with Crippen molar-refractivity contribution in [2.24, 2.45) is 0 Å². The number of nitrogens with zero attached hydrogens (tertiary/aromatic N) is 5. The molecule has 8 aromatic carbocycles. The lowest BCUT2D eigenvalue weighted by molar-refractivity contribution is 0.666. The molecule has 4 aromatic heterocycles. The van der Waals surface area contributed by atoms with Crippen molar-refractivity contribution in [2.45, 2.75) is 0 Å². The third-order valence-electron chi connectivity index (χ3n) is 11.2. The molecule has 0 atom stereocenters. The van der Waals surface area contributed by atoms with Gasteiger partial charge in [0, 0.05) is 54.7 Å². The quantitative estimate of drug-likeness (QED) is 0.177. The lowest BCUT2D eigenvalue weighted by Crippen LogP contribution is -2.00. The topological polar surface area (TPSA) is 61.7 Å². The number of rotatable bonds is 5. The van der Waals surface area contributed by atoms with Crippen LogP contribution in [0.4, 0.5) is 0 Å². The number of para-hydroxylation sites is 4. The van der Waals surface area contributed by atoms with Gasteiger partial charge in [0.05, 0.1) is 27.8 Å². The molecule has 0 aliphatic heterocycles. The first kappa shape index (κ1) is 31.5. The summed E-state index contributed by atoms with van der Waals surface area (Å²) in [5, 5.41) is 6.97. The molecule has 12 aromatic rings. The SMILES string of the molecule is c1ccc(-c2nc(-c3ccccc3)nc(-c3ccc(-n4c5ccccc5c5cc6c(cc54)c4ccccc4n6-c4cccc5c4oc4ccccc45)cc3)n2)cc1. The number of furan rings is 1. The maximum atomic E-state index is 6.59. The van der Waals surface area contributed by atoms with Gasteiger partial charge in [-0.1, -0.05) is 127 Å². The van der Waals surface area contributed by atoms with Gasteiger partial charge in [0.15, 0.2) is 23.1 Å². The Hall–Kier alpha value is -7.83. The molecule has 12 rings (SSSR count). The average molecular weight is 730 g/mol. The summed E-state index contributed by atoms with van der Waals surface area (Å²) in [4.78, 5) is 14.8. The summed E-state index contributed by atoms with van der Waals surface area (Å²) in [5.41, 5.74) is 11.2. The number of fused-ring (bicyclic) bond motifs is 9. The van der Waals surface area contributed by atoms with Crippen molar-refractivity contribution >= 4 is 65.6 Å². The molecule has 6 heteroatoms. The van der Waals surface area contributed by atoms with E-state index in [2.05, 4.69) is 124 Å². The Morgan fingerprint density at radius 2 is 0.807 bits per heavy atom. The maximum absolute atomic E-state index is 6.59. The Labute approximate surface area is 326 Å². The average Bonchev–Trinajstić information content (AvgIpc) is 3.94. The van der Waals surface area contributed by atoms with E-state index in [0.29, 0.717) is 17.5 Å². The zero-order chi connectivity index (χ0) is 37.5. The molecule has 266 valence electrons. The van der Waals surface area contributed by atoms with Crippen LogP contribution in [0.15, 0.2) is 192 Å². The third kappa shape index (κ3) is 4.87. The molecule has 0 aliphatic carbocycles. The smallest absolute Gasteiger partial charge is 0.164 e. The summed E-state index contributed by atoms with van der Waals surface area (Å²) in [6, 6.07) is 65.6. The molecule has 0 aliphatic rings. The van der Waals surface area contributed by atoms with E-state index in [-0.39, 0.29) is 0 Å². The van der Waals surface area contributed by atoms with Gasteiger partial charge in [-0.25, -0.2) is 15.0 Å². The van der Waals surface area contributed by atoms with Crippen molar-refractivity contribution in [3.05, 3.63) is 188 Å². The Balaban J connectivity index is 1.05. The lowest BCUT2D eigenvalue weighted by atomic mass is 10.1. The highest BCUT2D eigenvalue weighted by Gasteiger charge is 2.21. The molecule has 0 bridgehead atoms. The predicted molar refractivity (Wildman–Crippen MR) is 232 cm³/mol. The highest BCUT2D eigenvalue weighted by atomic mass is 16.3. The van der Waals surface area contributed by atoms with E-state index in [9.17, 15) is 0 Å². The molecule has 6 nitrogen and oxygen atoms in total. The first-order chi connectivity index (χ1) is 28.3. The van der Waals surface area contributed by atoms with Crippen LogP contribution >= 0.6 is 0 Å². The second kappa shape index (κ2) is 12.3. The van der Waals surface area contributed by atoms with Crippen LogP contribution in [0.5, 0.6) is 0 Å². The largest absolute Gasteiger partial charge is 0.454 e. The fourth-order valence-electron chi connectivity index (χ4n) is 8.57. The highest BCUT2D eigenvalue weighted by molar-refractivity contribution is 6.19. The standard InChI is InChI=1S/C51H31N5O/c1-3-14-32(15-4-1)49-52-50(33-16-5-2-6-17-33)54-51(53-49)34-26-28-35(29-27-34)55-42-22-10-7-18-36(42)40-31-46-41(30-45(40)55)37-19-8-11-23-43(37)56(46)44-24-13-21-39-38-20-9-12-25-47(38)57-48(39)44/h1-31H. The van der Waals surface area contributed by atoms with E-state index in [1.807, 2.05) is 72.8 Å². The first-order valence-corrected chi connectivity index (χ1v) is 19.1. The molecule has 4 heterocycles. The summed E-state index contributed by atoms with van der Waals surface area (Å²) in [7, 11) is 0. The maximum Gasteiger partial charge on any atom is 0.164 e. The van der Waals surface area contributed by atoms with E-state index in [1.54, 1.807) is 0 Å². The molecule has 0 spiro atoms. The van der Waals surface area contributed by atoms with Crippen LogP contribution in [0.2, 0.25) is 0 Å². The molecule has 0 saturated heterocycles. The molecule has 0 fully saturated rings. The van der Waals surface area contributed by atoms with Crippen molar-refractivity contribution in [3.8, 4) is 45.5 Å². The van der Waals surface area contributed by atoms with Crippen LogP contribution in [0.1, 0.15) is 0 Å². The van der Waals surface area contributed by atoms with E-state index >= 15 is 0 Å². The fourth-order valence-corrected chi connectivity index (χ4v) is 8.57. The van der Waals surface area contributed by atoms with Gasteiger partial charge in [0.25, 0.3) is 0 Å². The minimum atomic E-state index is 0.630. The van der Waals surface area contributed by atoms with E-state index in [0.717, 1.165) is 72.1 Å². The number of benzene rings is 8. The summed E-state index contributed by atoms with van der Waals surface area (Å²) < 4.78 is 11.3. The van der Waals surface area contributed by atoms with Gasteiger partial charge < -0.3 is 13.6 Å². The molecular weight excluding hydrogens is 699 g/mol. The van der Waals surface area contributed by atoms with Gasteiger partial charge in [-0.3, -0.25) is 0 Å². The monoisotopic (exact) mass is 729 g/mol. The summed E-state index contributed by atoms with van der Waals surface area (Å²) in [6.07, 6.45) is 0. The Bertz CT molecular complexity index is 3450. The summed E-state index contributed by atoms with van der Waals surface area (Å²) in [5.74, 6) is 1.92. The van der Waals surface area contributed by atoms with Gasteiger partial charge in [-0.2, -0.15) is 0 Å². The van der Waals surface area contributed by atoms with Crippen LogP contribution < -0.4 is 0 Å². The van der Waals surface area contributed by atoms with Crippen molar-refractivity contribution in [1.82, 2.24) is 24.1 Å².